The minimum Gasteiger partial charge on any atom is -0.392 e. The Balaban J connectivity index is 2.02. The molecule has 3 nitrogen and oxygen atoms in total. The summed E-state index contributed by atoms with van der Waals surface area (Å²) in [5, 5.41) is 13.6. The van der Waals surface area contributed by atoms with Crippen LogP contribution in [-0.4, -0.2) is 14.7 Å². The zero-order valence-corrected chi connectivity index (χ0v) is 10.9. The minimum atomic E-state index is 0.0805. The van der Waals surface area contributed by atoms with Gasteiger partial charge in [-0.25, -0.2) is 4.98 Å². The van der Waals surface area contributed by atoms with Gasteiger partial charge >= 0.3 is 0 Å². The van der Waals surface area contributed by atoms with E-state index >= 15 is 0 Å². The highest BCUT2D eigenvalue weighted by atomic mass is 32.1. The molecule has 0 amide bonds. The molecule has 0 saturated carbocycles. The van der Waals surface area contributed by atoms with Gasteiger partial charge in [-0.1, -0.05) is 12.1 Å². The highest BCUT2D eigenvalue weighted by Gasteiger charge is 2.06. The normalized spacial score (nSPS) is 11.2. The molecular formula is C14H14N2OS. The number of nitrogens with zero attached hydrogens (tertiary/aromatic N) is 2. The van der Waals surface area contributed by atoms with Crippen LogP contribution in [0.25, 0.3) is 10.9 Å². The first-order valence-electron chi connectivity index (χ1n) is 5.86. The van der Waals surface area contributed by atoms with E-state index in [2.05, 4.69) is 33.3 Å². The number of hydrogen-bond acceptors (Lipinski definition) is 3. The van der Waals surface area contributed by atoms with E-state index in [1.807, 2.05) is 19.1 Å². The van der Waals surface area contributed by atoms with Gasteiger partial charge in [0.25, 0.3) is 0 Å². The second-order valence-electron chi connectivity index (χ2n) is 4.31. The van der Waals surface area contributed by atoms with Crippen molar-refractivity contribution in [1.29, 1.82) is 0 Å². The largest absolute Gasteiger partial charge is 0.392 e. The van der Waals surface area contributed by atoms with Crippen molar-refractivity contribution in [3.05, 3.63) is 52.1 Å². The van der Waals surface area contributed by atoms with E-state index < -0.39 is 0 Å². The number of benzene rings is 1. The summed E-state index contributed by atoms with van der Waals surface area (Å²) in [5.41, 5.74) is 3.21. The Morgan fingerprint density at radius 3 is 2.94 bits per heavy atom. The van der Waals surface area contributed by atoms with Crippen molar-refractivity contribution in [2.45, 2.75) is 20.1 Å². The number of aromatic nitrogens is 2. The lowest BCUT2D eigenvalue weighted by Crippen LogP contribution is -1.98. The van der Waals surface area contributed by atoms with Gasteiger partial charge in [0.15, 0.2) is 0 Å². The molecule has 0 bridgehead atoms. The van der Waals surface area contributed by atoms with Gasteiger partial charge < -0.3 is 9.67 Å². The Bertz CT molecular complexity index is 684. The van der Waals surface area contributed by atoms with Crippen LogP contribution >= 0.6 is 11.3 Å². The summed E-state index contributed by atoms with van der Waals surface area (Å²) in [6.45, 7) is 2.88. The van der Waals surface area contributed by atoms with E-state index in [1.54, 1.807) is 11.3 Å². The predicted molar refractivity (Wildman–Crippen MR) is 73.8 cm³/mol. The summed E-state index contributed by atoms with van der Waals surface area (Å²) in [6.07, 6.45) is 2.05. The summed E-state index contributed by atoms with van der Waals surface area (Å²) >= 11 is 1.67. The highest BCUT2D eigenvalue weighted by Crippen LogP contribution is 2.21. The van der Waals surface area contributed by atoms with E-state index in [0.29, 0.717) is 0 Å². The van der Waals surface area contributed by atoms with Crippen LogP contribution in [0.3, 0.4) is 0 Å². The van der Waals surface area contributed by atoms with Crippen LogP contribution < -0.4 is 0 Å². The van der Waals surface area contributed by atoms with Gasteiger partial charge in [-0.2, -0.15) is 0 Å². The first-order valence-corrected chi connectivity index (χ1v) is 6.74. The number of thiazole rings is 1. The molecule has 4 heteroatoms. The van der Waals surface area contributed by atoms with Crippen molar-refractivity contribution in [2.24, 2.45) is 0 Å². The summed E-state index contributed by atoms with van der Waals surface area (Å²) < 4.78 is 2.17. The molecule has 0 atom stereocenters. The summed E-state index contributed by atoms with van der Waals surface area (Å²) in [5.74, 6) is 0. The second kappa shape index (κ2) is 4.55. The SMILES string of the molecule is Cc1nc(Cn2ccc3c(CO)cccc32)cs1. The molecule has 0 aliphatic heterocycles. The minimum absolute atomic E-state index is 0.0805. The lowest BCUT2D eigenvalue weighted by molar-refractivity contribution is 0.283. The van der Waals surface area contributed by atoms with Crippen molar-refractivity contribution in [1.82, 2.24) is 9.55 Å². The number of fused-ring (bicyclic) bond motifs is 1. The van der Waals surface area contributed by atoms with E-state index in [-0.39, 0.29) is 6.61 Å². The molecule has 0 aliphatic carbocycles. The topological polar surface area (TPSA) is 38.0 Å². The molecule has 0 fully saturated rings. The molecule has 18 heavy (non-hydrogen) atoms. The fraction of sp³-hybridized carbons (Fsp3) is 0.214. The quantitative estimate of drug-likeness (QED) is 0.784. The van der Waals surface area contributed by atoms with Gasteiger partial charge in [0.2, 0.25) is 0 Å². The molecule has 92 valence electrons. The Morgan fingerprint density at radius 2 is 2.22 bits per heavy atom. The number of aryl methyl sites for hydroxylation is 1. The molecule has 1 aromatic carbocycles. The lowest BCUT2D eigenvalue weighted by Gasteiger charge is -2.04. The lowest BCUT2D eigenvalue weighted by atomic mass is 10.1. The van der Waals surface area contributed by atoms with Gasteiger partial charge in [-0.05, 0) is 24.6 Å². The van der Waals surface area contributed by atoms with E-state index in [9.17, 15) is 5.11 Å². The van der Waals surface area contributed by atoms with Crippen molar-refractivity contribution >= 4 is 22.2 Å². The van der Waals surface area contributed by atoms with Crippen LogP contribution in [-0.2, 0) is 13.2 Å². The van der Waals surface area contributed by atoms with Crippen LogP contribution in [0.4, 0.5) is 0 Å². The fourth-order valence-corrected chi connectivity index (χ4v) is 2.82. The number of rotatable bonds is 3. The monoisotopic (exact) mass is 258 g/mol. The van der Waals surface area contributed by atoms with Crippen LogP contribution in [0, 0.1) is 6.92 Å². The first kappa shape index (κ1) is 11.4. The maximum atomic E-state index is 9.32. The molecule has 2 heterocycles. The molecule has 0 saturated heterocycles. The second-order valence-corrected chi connectivity index (χ2v) is 5.37. The third-order valence-electron chi connectivity index (χ3n) is 3.07. The smallest absolute Gasteiger partial charge is 0.0898 e. The van der Waals surface area contributed by atoms with Crippen LogP contribution in [0.2, 0.25) is 0 Å². The van der Waals surface area contributed by atoms with E-state index in [0.717, 1.165) is 33.7 Å². The van der Waals surface area contributed by atoms with Gasteiger partial charge in [0.05, 0.1) is 23.9 Å². The standard InChI is InChI=1S/C14H14N2OS/c1-10-15-12(9-18-10)7-16-6-5-13-11(8-17)3-2-4-14(13)16/h2-6,9,17H,7-8H2,1H3. The average molecular weight is 258 g/mol. The Hall–Kier alpha value is -1.65. The number of aliphatic hydroxyl groups is 1. The fourth-order valence-electron chi connectivity index (χ4n) is 2.22. The zero-order chi connectivity index (χ0) is 12.5. The first-order chi connectivity index (χ1) is 8.78. The molecule has 0 spiro atoms. The maximum absolute atomic E-state index is 9.32. The van der Waals surface area contributed by atoms with Gasteiger partial charge in [0, 0.05) is 22.5 Å². The van der Waals surface area contributed by atoms with Crippen molar-refractivity contribution in [2.75, 3.05) is 0 Å². The van der Waals surface area contributed by atoms with Crippen LogP contribution in [0.5, 0.6) is 0 Å². The molecular weight excluding hydrogens is 244 g/mol. The Kier molecular flexibility index (Phi) is 2.89. The third-order valence-corrected chi connectivity index (χ3v) is 3.90. The summed E-state index contributed by atoms with van der Waals surface area (Å²) in [7, 11) is 0. The maximum Gasteiger partial charge on any atom is 0.0898 e. The molecule has 2 aromatic heterocycles. The van der Waals surface area contributed by atoms with Crippen molar-refractivity contribution in [3.63, 3.8) is 0 Å². The molecule has 1 N–H and O–H groups in total. The Morgan fingerprint density at radius 1 is 1.33 bits per heavy atom. The highest BCUT2D eigenvalue weighted by molar-refractivity contribution is 7.09. The molecule has 3 rings (SSSR count). The molecule has 0 unspecified atom stereocenters. The van der Waals surface area contributed by atoms with Gasteiger partial charge in [-0.15, -0.1) is 11.3 Å². The van der Waals surface area contributed by atoms with E-state index in [4.69, 9.17) is 0 Å². The summed E-state index contributed by atoms with van der Waals surface area (Å²) in [6, 6.07) is 8.07. The van der Waals surface area contributed by atoms with Crippen LogP contribution in [0.1, 0.15) is 16.3 Å². The van der Waals surface area contributed by atoms with Gasteiger partial charge in [-0.3, -0.25) is 0 Å². The number of hydrogen-bond donors (Lipinski definition) is 1. The molecule has 0 aliphatic rings. The van der Waals surface area contributed by atoms with Gasteiger partial charge in [0.1, 0.15) is 0 Å². The summed E-state index contributed by atoms with van der Waals surface area (Å²) in [4.78, 5) is 4.48. The molecule has 0 radical (unpaired) electrons. The Labute approximate surface area is 109 Å². The zero-order valence-electron chi connectivity index (χ0n) is 10.1. The van der Waals surface area contributed by atoms with E-state index in [1.165, 1.54) is 0 Å². The average Bonchev–Trinajstić information content (AvgIpc) is 2.97. The van der Waals surface area contributed by atoms with Crippen molar-refractivity contribution < 1.29 is 5.11 Å². The van der Waals surface area contributed by atoms with Crippen LogP contribution in [0.15, 0.2) is 35.8 Å². The predicted octanol–water partition coefficient (Wildman–Crippen LogP) is 2.95. The number of aliphatic hydroxyl groups excluding tert-OH is 1. The third kappa shape index (κ3) is 1.94. The molecule has 3 aromatic rings. The van der Waals surface area contributed by atoms with Crippen molar-refractivity contribution in [3.8, 4) is 0 Å².